The van der Waals surface area contributed by atoms with E-state index in [2.05, 4.69) is 101 Å². The Bertz CT molecular complexity index is 2160. The van der Waals surface area contributed by atoms with Gasteiger partial charge in [0.1, 0.15) is 0 Å². The summed E-state index contributed by atoms with van der Waals surface area (Å²) < 4.78 is 31.0. The van der Waals surface area contributed by atoms with E-state index in [0.29, 0.717) is 17.7 Å². The molecule has 0 aliphatic rings. The van der Waals surface area contributed by atoms with Crippen molar-refractivity contribution in [3.63, 3.8) is 0 Å². The average molecular weight is 731 g/mol. The van der Waals surface area contributed by atoms with Crippen LogP contribution in [-0.4, -0.2) is 37.1 Å². The Hall–Kier alpha value is -5.05. The van der Waals surface area contributed by atoms with Crippen LogP contribution in [0.3, 0.4) is 0 Å². The molecule has 0 saturated carbocycles. The first-order valence-electron chi connectivity index (χ1n) is 17.9. The van der Waals surface area contributed by atoms with Crippen LogP contribution in [0.1, 0.15) is 85.6 Å². The zero-order valence-corrected chi connectivity index (χ0v) is 32.5. The second kappa shape index (κ2) is 15.9. The Balaban J connectivity index is 1.38. The lowest BCUT2D eigenvalue weighted by Gasteiger charge is -2.20. The SMILES string of the molecule is Cc1cc(NC(=O)C(Cc2ccc(C(=O)NCCS(=O)(=O)O)cc2)c2ccc(-c3ccc(C(C)(C)C)cc3)cc2)ccc1-c1ccc(C(C)(C)C)cc1. The van der Waals surface area contributed by atoms with Crippen molar-refractivity contribution in [1.82, 2.24) is 5.32 Å². The zero-order valence-electron chi connectivity index (χ0n) is 31.7. The number of carbonyl (C=O) groups is 2. The first-order chi connectivity index (χ1) is 24.9. The van der Waals surface area contributed by atoms with Crippen LogP contribution in [0, 0.1) is 6.92 Å². The minimum absolute atomic E-state index is 0.0601. The van der Waals surface area contributed by atoms with Gasteiger partial charge in [0.05, 0.1) is 11.7 Å². The zero-order chi connectivity index (χ0) is 38.6. The molecule has 0 radical (unpaired) electrons. The third-order valence-corrected chi connectivity index (χ3v) is 10.3. The van der Waals surface area contributed by atoms with Crippen molar-refractivity contribution in [2.45, 2.75) is 71.6 Å². The molecule has 0 fully saturated rings. The van der Waals surface area contributed by atoms with Crippen LogP contribution in [0.25, 0.3) is 22.3 Å². The first-order valence-corrected chi connectivity index (χ1v) is 19.5. The molecule has 276 valence electrons. The Kier molecular flexibility index (Phi) is 11.8. The van der Waals surface area contributed by atoms with Crippen molar-refractivity contribution in [3.05, 3.63) is 149 Å². The molecule has 5 aromatic rings. The van der Waals surface area contributed by atoms with Gasteiger partial charge in [0.2, 0.25) is 5.91 Å². The summed E-state index contributed by atoms with van der Waals surface area (Å²) in [5.74, 6) is -1.71. The van der Waals surface area contributed by atoms with Gasteiger partial charge in [-0.05, 0) is 98.5 Å². The second-order valence-corrected chi connectivity index (χ2v) is 17.4. The van der Waals surface area contributed by atoms with Gasteiger partial charge < -0.3 is 10.6 Å². The molecule has 7 nitrogen and oxygen atoms in total. The fourth-order valence-corrected chi connectivity index (χ4v) is 6.66. The number of carbonyl (C=O) groups excluding carboxylic acids is 2. The van der Waals surface area contributed by atoms with Gasteiger partial charge in [0.25, 0.3) is 16.0 Å². The van der Waals surface area contributed by atoms with Crippen LogP contribution in [0.15, 0.2) is 115 Å². The fraction of sp³-hybridized carbons (Fsp3) is 0.289. The van der Waals surface area contributed by atoms with Crippen molar-refractivity contribution in [2.24, 2.45) is 0 Å². The minimum Gasteiger partial charge on any atom is -0.351 e. The number of rotatable bonds is 11. The standard InChI is InChI=1S/C45H50N2O5S/c1-30-28-39(24-25-40(30)34-18-22-38(23-19-34)45(5,6)7)47-43(49)41(29-31-8-10-36(11-9-31)42(48)46-26-27-53(50,51)52)35-14-12-32(13-15-35)33-16-20-37(21-17-33)44(2,3)4/h8-25,28,41H,26-27,29H2,1-7H3,(H,46,48)(H,47,49)(H,50,51,52). The Morgan fingerprint density at radius 1 is 0.679 bits per heavy atom. The maximum absolute atomic E-state index is 14.1. The van der Waals surface area contributed by atoms with Gasteiger partial charge in [0.15, 0.2) is 0 Å². The van der Waals surface area contributed by atoms with Gasteiger partial charge in [-0.2, -0.15) is 8.42 Å². The summed E-state index contributed by atoms with van der Waals surface area (Å²) in [4.78, 5) is 26.7. The molecule has 8 heteroatoms. The number of nitrogens with one attached hydrogen (secondary N) is 2. The summed E-state index contributed by atoms with van der Waals surface area (Å²) in [6.07, 6.45) is 0.382. The maximum atomic E-state index is 14.1. The molecule has 53 heavy (non-hydrogen) atoms. The van der Waals surface area contributed by atoms with E-state index < -0.39 is 27.7 Å². The van der Waals surface area contributed by atoms with Crippen molar-refractivity contribution in [3.8, 4) is 22.3 Å². The highest BCUT2D eigenvalue weighted by Crippen LogP contribution is 2.32. The molecular formula is C45H50N2O5S. The number of hydrogen-bond acceptors (Lipinski definition) is 4. The predicted molar refractivity (Wildman–Crippen MR) is 216 cm³/mol. The molecular weight excluding hydrogens is 681 g/mol. The minimum atomic E-state index is -4.18. The van der Waals surface area contributed by atoms with E-state index in [0.717, 1.165) is 38.9 Å². The molecule has 1 unspecified atom stereocenters. The Labute approximate surface area is 314 Å². The van der Waals surface area contributed by atoms with Gasteiger partial charge in [-0.25, -0.2) is 0 Å². The van der Waals surface area contributed by atoms with Crippen molar-refractivity contribution in [2.75, 3.05) is 17.6 Å². The van der Waals surface area contributed by atoms with E-state index in [-0.39, 0.29) is 23.3 Å². The first kappa shape index (κ1) is 39.2. The van der Waals surface area contributed by atoms with Crippen LogP contribution >= 0.6 is 0 Å². The molecule has 5 aromatic carbocycles. The molecule has 0 bridgehead atoms. The van der Waals surface area contributed by atoms with Crippen molar-refractivity contribution >= 4 is 27.6 Å². The largest absolute Gasteiger partial charge is 0.351 e. The van der Waals surface area contributed by atoms with Gasteiger partial charge >= 0.3 is 0 Å². The van der Waals surface area contributed by atoms with Gasteiger partial charge in [0, 0.05) is 17.8 Å². The summed E-state index contributed by atoms with van der Waals surface area (Å²) in [5.41, 5.74) is 10.9. The van der Waals surface area contributed by atoms with Crippen LogP contribution < -0.4 is 10.6 Å². The third kappa shape index (κ3) is 10.5. The topological polar surface area (TPSA) is 113 Å². The van der Waals surface area contributed by atoms with Crippen molar-refractivity contribution in [1.29, 1.82) is 0 Å². The van der Waals surface area contributed by atoms with E-state index in [4.69, 9.17) is 4.55 Å². The van der Waals surface area contributed by atoms with E-state index in [9.17, 15) is 18.0 Å². The molecule has 1 atom stereocenters. The van der Waals surface area contributed by atoms with Crippen molar-refractivity contribution < 1.29 is 22.6 Å². The monoisotopic (exact) mass is 730 g/mol. The third-order valence-electron chi connectivity index (χ3n) is 9.57. The molecule has 3 N–H and O–H groups in total. The van der Waals surface area contributed by atoms with Gasteiger partial charge in [-0.3, -0.25) is 14.1 Å². The summed E-state index contributed by atoms with van der Waals surface area (Å²) >= 11 is 0. The molecule has 0 heterocycles. The Morgan fingerprint density at radius 3 is 1.68 bits per heavy atom. The average Bonchev–Trinajstić information content (AvgIpc) is 3.10. The highest BCUT2D eigenvalue weighted by Gasteiger charge is 2.23. The van der Waals surface area contributed by atoms with E-state index >= 15 is 0 Å². The highest BCUT2D eigenvalue weighted by molar-refractivity contribution is 7.85. The lowest BCUT2D eigenvalue weighted by molar-refractivity contribution is -0.117. The molecule has 0 spiro atoms. The number of benzene rings is 5. The predicted octanol–water partition coefficient (Wildman–Crippen LogP) is 9.51. The molecule has 5 rings (SSSR count). The molecule has 0 saturated heterocycles. The summed E-state index contributed by atoms with van der Waals surface area (Å²) in [6, 6.07) is 38.2. The Morgan fingerprint density at radius 2 is 1.19 bits per heavy atom. The fourth-order valence-electron chi connectivity index (χ4n) is 6.30. The van der Waals surface area contributed by atoms with Gasteiger partial charge in [-0.15, -0.1) is 0 Å². The van der Waals surface area contributed by atoms with Crippen LogP contribution in [0.4, 0.5) is 5.69 Å². The molecule has 0 aliphatic heterocycles. The summed E-state index contributed by atoms with van der Waals surface area (Å²) in [6.45, 7) is 15.0. The second-order valence-electron chi connectivity index (χ2n) is 15.8. The number of anilines is 1. The lowest BCUT2D eigenvalue weighted by atomic mass is 9.86. The lowest BCUT2D eigenvalue weighted by Crippen LogP contribution is -2.28. The smallest absolute Gasteiger partial charge is 0.266 e. The number of aryl methyl sites for hydroxylation is 1. The van der Waals surface area contributed by atoms with E-state index in [1.54, 1.807) is 24.3 Å². The quantitative estimate of drug-likeness (QED) is 0.117. The maximum Gasteiger partial charge on any atom is 0.266 e. The van der Waals surface area contributed by atoms with E-state index in [1.165, 1.54) is 11.1 Å². The summed E-state index contributed by atoms with van der Waals surface area (Å²) in [7, 11) is -4.18. The summed E-state index contributed by atoms with van der Waals surface area (Å²) in [5, 5.41) is 5.67. The molecule has 0 aliphatic carbocycles. The normalized spacial score (nSPS) is 12.6. The molecule has 2 amide bonds. The van der Waals surface area contributed by atoms with E-state index in [1.807, 2.05) is 49.4 Å². The number of amides is 2. The molecule has 0 aromatic heterocycles. The van der Waals surface area contributed by atoms with Gasteiger partial charge in [-0.1, -0.05) is 133 Å². The van der Waals surface area contributed by atoms with Crippen LogP contribution in [0.5, 0.6) is 0 Å². The van der Waals surface area contributed by atoms with Crippen LogP contribution in [-0.2, 0) is 32.2 Å². The van der Waals surface area contributed by atoms with Crippen LogP contribution in [0.2, 0.25) is 0 Å². The number of hydrogen-bond donors (Lipinski definition) is 3. The highest BCUT2D eigenvalue weighted by atomic mass is 32.2.